The number of carbonyl (C=O) groups excluding carboxylic acids is 1. The zero-order valence-corrected chi connectivity index (χ0v) is 23.0. The molecular formula is C36H34N4O. The second-order valence-electron chi connectivity index (χ2n) is 10.4. The molecule has 0 aliphatic carbocycles. The Morgan fingerprint density at radius 2 is 1.34 bits per heavy atom. The number of nitrogens with one attached hydrogen (secondary N) is 2. The number of fused-ring (bicyclic) bond motifs is 1. The molecule has 2 aromatic heterocycles. The second kappa shape index (κ2) is 12.1. The van der Waals surface area contributed by atoms with E-state index in [1.54, 1.807) is 0 Å². The molecule has 0 radical (unpaired) electrons. The number of rotatable bonds is 11. The van der Waals surface area contributed by atoms with Crippen LogP contribution in [0.15, 0.2) is 134 Å². The van der Waals surface area contributed by atoms with E-state index < -0.39 is 5.54 Å². The summed E-state index contributed by atoms with van der Waals surface area (Å²) in [5.74, 6) is 0.0806. The van der Waals surface area contributed by atoms with Crippen LogP contribution >= 0.6 is 0 Å². The highest BCUT2D eigenvalue weighted by molar-refractivity contribution is 5.84. The fraction of sp³-hybridized carbons (Fsp3) is 0.167. The Kier molecular flexibility index (Phi) is 7.76. The van der Waals surface area contributed by atoms with Crippen LogP contribution in [0, 0.1) is 0 Å². The minimum absolute atomic E-state index is 0.0806. The number of amides is 1. The van der Waals surface area contributed by atoms with Crippen molar-refractivity contribution in [3.63, 3.8) is 0 Å². The van der Waals surface area contributed by atoms with Gasteiger partial charge < -0.3 is 14.9 Å². The largest absolute Gasteiger partial charge is 0.361 e. The summed E-state index contributed by atoms with van der Waals surface area (Å²) in [5.41, 5.74) is 6.24. The van der Waals surface area contributed by atoms with E-state index in [1.807, 2.05) is 24.7 Å². The molecule has 6 aromatic rings. The van der Waals surface area contributed by atoms with Crippen molar-refractivity contribution < 1.29 is 4.79 Å². The summed E-state index contributed by atoms with van der Waals surface area (Å²) in [7, 11) is 0. The van der Waals surface area contributed by atoms with Gasteiger partial charge in [-0.25, -0.2) is 4.98 Å². The molecule has 0 spiro atoms. The van der Waals surface area contributed by atoms with Gasteiger partial charge in [-0.3, -0.25) is 4.79 Å². The Labute approximate surface area is 240 Å². The third kappa shape index (κ3) is 5.44. The van der Waals surface area contributed by atoms with Crippen molar-refractivity contribution in [2.24, 2.45) is 0 Å². The predicted octanol–water partition coefficient (Wildman–Crippen LogP) is 6.89. The molecule has 0 saturated carbocycles. The second-order valence-corrected chi connectivity index (χ2v) is 10.4. The summed E-state index contributed by atoms with van der Waals surface area (Å²) in [4.78, 5) is 20.7. The summed E-state index contributed by atoms with van der Waals surface area (Å²) in [6, 6.07) is 40.0. The molecule has 6 rings (SSSR count). The first-order valence-electron chi connectivity index (χ1n) is 14.3. The lowest BCUT2D eigenvalue weighted by atomic mass is 9.77. The van der Waals surface area contributed by atoms with Crippen molar-refractivity contribution in [3.05, 3.63) is 162 Å². The van der Waals surface area contributed by atoms with Crippen LogP contribution in [0.2, 0.25) is 0 Å². The van der Waals surface area contributed by atoms with Crippen molar-refractivity contribution in [1.29, 1.82) is 0 Å². The smallest absolute Gasteiger partial charge is 0.220 e. The van der Waals surface area contributed by atoms with E-state index in [9.17, 15) is 4.79 Å². The van der Waals surface area contributed by atoms with Crippen molar-refractivity contribution >= 4 is 16.8 Å². The molecule has 5 nitrogen and oxygen atoms in total. The minimum Gasteiger partial charge on any atom is -0.361 e. The average Bonchev–Trinajstić information content (AvgIpc) is 3.68. The minimum atomic E-state index is -0.564. The molecule has 1 amide bonds. The maximum atomic E-state index is 12.6. The maximum absolute atomic E-state index is 12.6. The van der Waals surface area contributed by atoms with Gasteiger partial charge >= 0.3 is 0 Å². The lowest BCUT2D eigenvalue weighted by Crippen LogP contribution is -2.36. The molecule has 4 aromatic carbocycles. The molecule has 0 atom stereocenters. The molecule has 0 unspecified atom stereocenters. The highest BCUT2D eigenvalue weighted by Gasteiger charge is 2.38. The zero-order valence-electron chi connectivity index (χ0n) is 23.0. The number of aryl methyl sites for hydroxylation is 2. The highest BCUT2D eigenvalue weighted by atomic mass is 16.1. The number of hydrogen-bond donors (Lipinski definition) is 2. The predicted molar refractivity (Wildman–Crippen MR) is 165 cm³/mol. The van der Waals surface area contributed by atoms with Gasteiger partial charge in [0, 0.05) is 36.3 Å². The molecule has 204 valence electrons. The van der Waals surface area contributed by atoms with Crippen LogP contribution in [0.4, 0.5) is 0 Å². The Balaban J connectivity index is 1.15. The molecule has 5 heteroatoms. The molecule has 0 saturated heterocycles. The van der Waals surface area contributed by atoms with Crippen LogP contribution in [-0.2, 0) is 23.2 Å². The van der Waals surface area contributed by atoms with Crippen LogP contribution in [0.25, 0.3) is 10.9 Å². The fourth-order valence-electron chi connectivity index (χ4n) is 5.83. The van der Waals surface area contributed by atoms with Gasteiger partial charge in [0.2, 0.25) is 5.91 Å². The number of para-hydroxylation sites is 1. The van der Waals surface area contributed by atoms with E-state index in [-0.39, 0.29) is 5.91 Å². The molecule has 0 bridgehead atoms. The molecule has 0 fully saturated rings. The van der Waals surface area contributed by atoms with E-state index in [0.717, 1.165) is 30.5 Å². The zero-order chi connectivity index (χ0) is 27.9. The number of H-pyrrole nitrogens is 1. The molecule has 0 aliphatic heterocycles. The average molecular weight is 539 g/mol. The number of hydrogen-bond acceptors (Lipinski definition) is 2. The van der Waals surface area contributed by atoms with Crippen LogP contribution in [0.5, 0.6) is 0 Å². The molecule has 41 heavy (non-hydrogen) atoms. The Bertz CT molecular complexity index is 1610. The Hall–Kier alpha value is -4.90. The summed E-state index contributed by atoms with van der Waals surface area (Å²) in [6.45, 7) is 0.626. The van der Waals surface area contributed by atoms with Crippen molar-refractivity contribution in [2.45, 2.75) is 31.2 Å². The van der Waals surface area contributed by atoms with E-state index in [1.165, 1.54) is 27.6 Å². The summed E-state index contributed by atoms with van der Waals surface area (Å²) in [6.07, 6.45) is 8.92. The first kappa shape index (κ1) is 26.3. The number of aromatic nitrogens is 3. The van der Waals surface area contributed by atoms with Gasteiger partial charge in [0.05, 0.1) is 12.0 Å². The third-order valence-electron chi connectivity index (χ3n) is 7.83. The van der Waals surface area contributed by atoms with E-state index >= 15 is 0 Å². The Morgan fingerprint density at radius 3 is 1.98 bits per heavy atom. The first-order chi connectivity index (χ1) is 20.2. The van der Waals surface area contributed by atoms with Crippen molar-refractivity contribution in [1.82, 2.24) is 19.9 Å². The number of benzene rings is 4. The number of carbonyl (C=O) groups is 1. The van der Waals surface area contributed by atoms with Gasteiger partial charge in [-0.1, -0.05) is 109 Å². The molecular weight excluding hydrogens is 504 g/mol. The molecule has 2 heterocycles. The quantitative estimate of drug-likeness (QED) is 0.139. The highest BCUT2D eigenvalue weighted by Crippen LogP contribution is 2.40. The SMILES string of the molecule is O=C(CCc1c[nH]c2ccccc12)NCCCc1cn(C(c2ccccc2)(c2ccccc2)c2ccccc2)cn1. The summed E-state index contributed by atoms with van der Waals surface area (Å²) in [5, 5.41) is 4.28. The van der Waals surface area contributed by atoms with Crippen molar-refractivity contribution in [2.75, 3.05) is 6.54 Å². The number of imidazole rings is 1. The van der Waals surface area contributed by atoms with Crippen LogP contribution < -0.4 is 5.32 Å². The van der Waals surface area contributed by atoms with Gasteiger partial charge in [0.15, 0.2) is 0 Å². The first-order valence-corrected chi connectivity index (χ1v) is 14.3. The van der Waals surface area contributed by atoms with Crippen LogP contribution in [0.3, 0.4) is 0 Å². The molecule has 2 N–H and O–H groups in total. The lowest BCUT2D eigenvalue weighted by molar-refractivity contribution is -0.121. The van der Waals surface area contributed by atoms with Gasteiger partial charge in [-0.15, -0.1) is 0 Å². The normalized spacial score (nSPS) is 11.5. The number of aromatic amines is 1. The standard InChI is InChI=1S/C36H34N4O/c41-35(23-22-28-25-38-34-21-11-10-20-33(28)34)37-24-12-19-32-26-40(27-39-32)36(29-13-4-1-5-14-29,30-15-6-2-7-16-30)31-17-8-3-9-18-31/h1-11,13-18,20-21,25-27,38H,12,19,22-24H2,(H,37,41). The lowest BCUT2D eigenvalue weighted by Gasteiger charge is -2.37. The molecule has 0 aliphatic rings. The van der Waals surface area contributed by atoms with Gasteiger partial charge in [0.25, 0.3) is 0 Å². The fourth-order valence-corrected chi connectivity index (χ4v) is 5.83. The summed E-state index contributed by atoms with van der Waals surface area (Å²) < 4.78 is 2.24. The monoisotopic (exact) mass is 538 g/mol. The van der Waals surface area contributed by atoms with Crippen LogP contribution in [0.1, 0.15) is 40.8 Å². The number of nitrogens with zero attached hydrogens (tertiary/aromatic N) is 2. The van der Waals surface area contributed by atoms with Crippen LogP contribution in [-0.4, -0.2) is 27.0 Å². The summed E-state index contributed by atoms with van der Waals surface area (Å²) >= 11 is 0. The van der Waals surface area contributed by atoms with E-state index in [2.05, 4.69) is 124 Å². The van der Waals surface area contributed by atoms with E-state index in [0.29, 0.717) is 13.0 Å². The topological polar surface area (TPSA) is 62.7 Å². The maximum Gasteiger partial charge on any atom is 0.220 e. The van der Waals surface area contributed by atoms with E-state index in [4.69, 9.17) is 4.98 Å². The van der Waals surface area contributed by atoms with Crippen molar-refractivity contribution in [3.8, 4) is 0 Å². The Morgan fingerprint density at radius 1 is 0.756 bits per heavy atom. The van der Waals surface area contributed by atoms with Gasteiger partial charge in [0.1, 0.15) is 5.54 Å². The third-order valence-corrected chi connectivity index (χ3v) is 7.83. The van der Waals surface area contributed by atoms with Gasteiger partial charge in [-0.2, -0.15) is 0 Å². The van der Waals surface area contributed by atoms with Gasteiger partial charge in [-0.05, 0) is 47.6 Å².